The lowest BCUT2D eigenvalue weighted by molar-refractivity contribution is -0.126. The van der Waals surface area contributed by atoms with Gasteiger partial charge in [0.15, 0.2) is 5.82 Å². The van der Waals surface area contributed by atoms with Gasteiger partial charge in [-0.05, 0) is 44.4 Å². The number of nitrogens with zero attached hydrogens (tertiary/aromatic N) is 3. The first-order valence-electron chi connectivity index (χ1n) is 11.6. The molecule has 1 aliphatic heterocycles. The Balaban J connectivity index is 1.59. The van der Waals surface area contributed by atoms with Crippen LogP contribution in [0.15, 0.2) is 30.7 Å². The lowest BCUT2D eigenvalue weighted by atomic mass is 10.1. The Morgan fingerprint density at radius 1 is 1.26 bits per heavy atom. The molecule has 1 aliphatic rings. The molecule has 3 N–H and O–H groups in total. The molecule has 3 rings (SSSR count). The van der Waals surface area contributed by atoms with Crippen molar-refractivity contribution >= 4 is 17.6 Å². The molecule has 2 amide bonds. The molecule has 0 aliphatic carbocycles. The molecule has 1 aromatic carbocycles. The van der Waals surface area contributed by atoms with Crippen molar-refractivity contribution in [2.75, 3.05) is 25.0 Å². The van der Waals surface area contributed by atoms with Crippen LogP contribution < -0.4 is 10.6 Å². The molecule has 2 atom stereocenters. The molecule has 186 valence electrons. The molecular formula is C24H33F2N5O3. The first-order valence-corrected chi connectivity index (χ1v) is 11.6. The van der Waals surface area contributed by atoms with Gasteiger partial charge >= 0.3 is 0 Å². The van der Waals surface area contributed by atoms with Crippen molar-refractivity contribution in [1.29, 1.82) is 0 Å². The number of anilines is 1. The molecule has 2 unspecified atom stereocenters. The molecule has 1 fully saturated rings. The fourth-order valence-corrected chi connectivity index (χ4v) is 4.22. The van der Waals surface area contributed by atoms with Gasteiger partial charge in [0.2, 0.25) is 11.8 Å². The zero-order valence-electron chi connectivity index (χ0n) is 19.9. The van der Waals surface area contributed by atoms with Crippen molar-refractivity contribution in [2.45, 2.75) is 64.1 Å². The third kappa shape index (κ3) is 7.07. The average molecular weight is 478 g/mol. The fourth-order valence-electron chi connectivity index (χ4n) is 4.22. The Bertz CT molecular complexity index is 990. The van der Waals surface area contributed by atoms with Crippen LogP contribution >= 0.6 is 0 Å². The van der Waals surface area contributed by atoms with Gasteiger partial charge in [0.25, 0.3) is 0 Å². The van der Waals surface area contributed by atoms with Crippen LogP contribution in [0, 0.1) is 11.6 Å². The second-order valence-corrected chi connectivity index (χ2v) is 9.51. The van der Waals surface area contributed by atoms with Crippen LogP contribution in [0.1, 0.15) is 45.6 Å². The minimum Gasteiger partial charge on any atom is -0.392 e. The standard InChI is InChI=1S/C24H33F2N5O3/c1-4-5-20(28-22(33)10-16-8-17(25)11-18(26)9-16)23(34)29-21-13-31(15-27-21)24(2,3)14-30-7-6-19(32)12-30/h8-9,11,13,15,19-20,32H,4-7,10,12,14H2,1-3H3,(H,28,33)(H,29,34). The molecule has 0 spiro atoms. The normalized spacial score (nSPS) is 17.5. The number of carbonyl (C=O) groups is 2. The average Bonchev–Trinajstić information content (AvgIpc) is 3.35. The third-order valence-electron chi connectivity index (χ3n) is 5.91. The van der Waals surface area contributed by atoms with E-state index in [0.717, 1.165) is 37.7 Å². The van der Waals surface area contributed by atoms with Crippen LogP contribution in [0.5, 0.6) is 0 Å². The maximum absolute atomic E-state index is 13.4. The number of nitrogens with one attached hydrogen (secondary N) is 2. The summed E-state index contributed by atoms with van der Waals surface area (Å²) >= 11 is 0. The molecule has 0 bridgehead atoms. The fraction of sp³-hybridized carbons (Fsp3) is 0.542. The highest BCUT2D eigenvalue weighted by atomic mass is 19.1. The number of rotatable bonds is 10. The van der Waals surface area contributed by atoms with E-state index < -0.39 is 29.5 Å². The first kappa shape index (κ1) is 25.8. The van der Waals surface area contributed by atoms with Crippen LogP contribution in [0.25, 0.3) is 0 Å². The second kappa shape index (κ2) is 11.1. The predicted molar refractivity (Wildman–Crippen MR) is 124 cm³/mol. The summed E-state index contributed by atoms with van der Waals surface area (Å²) in [7, 11) is 0. The quantitative estimate of drug-likeness (QED) is 0.488. The zero-order valence-corrected chi connectivity index (χ0v) is 19.9. The molecule has 0 radical (unpaired) electrons. The number of amides is 2. The molecule has 1 saturated heterocycles. The summed E-state index contributed by atoms with van der Waals surface area (Å²) in [5.74, 6) is -2.07. The van der Waals surface area contributed by atoms with Gasteiger partial charge in [-0.1, -0.05) is 13.3 Å². The van der Waals surface area contributed by atoms with E-state index in [2.05, 4.69) is 34.4 Å². The molecule has 8 nitrogen and oxygen atoms in total. The van der Waals surface area contributed by atoms with Crippen molar-refractivity contribution in [3.8, 4) is 0 Å². The van der Waals surface area contributed by atoms with Gasteiger partial charge in [0.05, 0.1) is 24.4 Å². The second-order valence-electron chi connectivity index (χ2n) is 9.51. The van der Waals surface area contributed by atoms with E-state index in [0.29, 0.717) is 25.2 Å². The van der Waals surface area contributed by atoms with E-state index in [1.165, 1.54) is 0 Å². The summed E-state index contributed by atoms with van der Waals surface area (Å²) in [6, 6.07) is 2.12. The number of β-amino-alcohol motifs (C(OH)–C–C–N with tert-alkyl or cyclic N) is 1. The summed E-state index contributed by atoms with van der Waals surface area (Å²) in [6.45, 7) is 8.20. The van der Waals surface area contributed by atoms with Crippen LogP contribution in [0.4, 0.5) is 14.6 Å². The Morgan fingerprint density at radius 2 is 1.97 bits per heavy atom. The van der Waals surface area contributed by atoms with Gasteiger partial charge < -0.3 is 20.3 Å². The number of likely N-dealkylation sites (tertiary alicyclic amines) is 1. The maximum atomic E-state index is 13.4. The number of hydrogen-bond donors (Lipinski definition) is 3. The smallest absolute Gasteiger partial charge is 0.248 e. The van der Waals surface area contributed by atoms with Crippen molar-refractivity contribution in [3.05, 3.63) is 47.9 Å². The number of halogens is 2. The number of aliphatic hydroxyl groups excluding tert-OH is 1. The summed E-state index contributed by atoms with van der Waals surface area (Å²) in [6.07, 6.45) is 4.67. The first-order chi connectivity index (χ1) is 16.1. The molecule has 34 heavy (non-hydrogen) atoms. The van der Waals surface area contributed by atoms with Crippen LogP contribution in [-0.4, -0.2) is 63.2 Å². The van der Waals surface area contributed by atoms with E-state index in [1.807, 2.05) is 11.5 Å². The number of imidazole rings is 1. The van der Waals surface area contributed by atoms with Gasteiger partial charge in [-0.15, -0.1) is 0 Å². The number of carbonyl (C=O) groups excluding carboxylic acids is 2. The Hall–Kier alpha value is -2.85. The molecule has 10 heteroatoms. The molecule has 1 aromatic heterocycles. The van der Waals surface area contributed by atoms with E-state index >= 15 is 0 Å². The van der Waals surface area contributed by atoms with E-state index in [4.69, 9.17) is 0 Å². The monoisotopic (exact) mass is 477 g/mol. The van der Waals surface area contributed by atoms with Crippen molar-refractivity contribution < 1.29 is 23.5 Å². The minimum atomic E-state index is -0.805. The lowest BCUT2D eigenvalue weighted by Gasteiger charge is -2.31. The van der Waals surface area contributed by atoms with Crippen LogP contribution in [0.3, 0.4) is 0 Å². The summed E-state index contributed by atoms with van der Waals surface area (Å²) < 4.78 is 28.7. The predicted octanol–water partition coefficient (Wildman–Crippen LogP) is 2.43. The van der Waals surface area contributed by atoms with E-state index in [-0.39, 0.29) is 23.6 Å². The van der Waals surface area contributed by atoms with Gasteiger partial charge in [-0.3, -0.25) is 14.5 Å². The number of aromatic nitrogens is 2. The summed E-state index contributed by atoms with van der Waals surface area (Å²) in [4.78, 5) is 31.7. The van der Waals surface area contributed by atoms with Crippen molar-refractivity contribution in [3.63, 3.8) is 0 Å². The minimum absolute atomic E-state index is 0.192. The molecular weight excluding hydrogens is 444 g/mol. The Kier molecular flexibility index (Phi) is 8.37. The SMILES string of the molecule is CCCC(NC(=O)Cc1cc(F)cc(F)c1)C(=O)Nc1cn(C(C)(C)CN2CCC(O)C2)cn1. The van der Waals surface area contributed by atoms with Gasteiger partial charge in [0, 0.05) is 31.9 Å². The lowest BCUT2D eigenvalue weighted by Crippen LogP contribution is -2.44. The maximum Gasteiger partial charge on any atom is 0.248 e. The van der Waals surface area contributed by atoms with E-state index in [1.54, 1.807) is 12.5 Å². The number of hydrogen-bond acceptors (Lipinski definition) is 5. The Morgan fingerprint density at radius 3 is 2.59 bits per heavy atom. The van der Waals surface area contributed by atoms with Crippen molar-refractivity contribution in [1.82, 2.24) is 19.8 Å². The highest BCUT2D eigenvalue weighted by Gasteiger charge is 2.29. The summed E-state index contributed by atoms with van der Waals surface area (Å²) in [5.41, 5.74) is -0.116. The molecule has 2 aromatic rings. The van der Waals surface area contributed by atoms with Crippen LogP contribution in [-0.2, 0) is 21.5 Å². The zero-order chi connectivity index (χ0) is 24.9. The molecule has 2 heterocycles. The van der Waals surface area contributed by atoms with Crippen LogP contribution in [0.2, 0.25) is 0 Å². The van der Waals surface area contributed by atoms with E-state index in [9.17, 15) is 23.5 Å². The topological polar surface area (TPSA) is 99.5 Å². The number of benzene rings is 1. The van der Waals surface area contributed by atoms with Gasteiger partial charge in [-0.25, -0.2) is 13.8 Å². The largest absolute Gasteiger partial charge is 0.392 e. The van der Waals surface area contributed by atoms with Crippen molar-refractivity contribution in [2.24, 2.45) is 0 Å². The molecule has 0 saturated carbocycles. The highest BCUT2D eigenvalue weighted by molar-refractivity contribution is 5.96. The van der Waals surface area contributed by atoms with Gasteiger partial charge in [0.1, 0.15) is 17.7 Å². The summed E-state index contributed by atoms with van der Waals surface area (Å²) in [5, 5.41) is 15.2. The highest BCUT2D eigenvalue weighted by Crippen LogP contribution is 2.22. The Labute approximate surface area is 198 Å². The number of aliphatic hydroxyl groups is 1. The van der Waals surface area contributed by atoms with Gasteiger partial charge in [-0.2, -0.15) is 0 Å². The third-order valence-corrected chi connectivity index (χ3v) is 5.91.